The molecule has 1 heteroatoms. The summed E-state index contributed by atoms with van der Waals surface area (Å²) in [6.07, 6.45) is 8.62. The zero-order valence-corrected chi connectivity index (χ0v) is 12.7. The molecule has 2 aromatic carbocycles. The minimum Gasteiger partial charge on any atom is -0.385 e. The van der Waals surface area contributed by atoms with Crippen molar-refractivity contribution in [1.29, 1.82) is 0 Å². The third-order valence-corrected chi connectivity index (χ3v) is 3.28. The van der Waals surface area contributed by atoms with Crippen LogP contribution in [0.5, 0.6) is 0 Å². The lowest BCUT2D eigenvalue weighted by Gasteiger charge is -2.07. The highest BCUT2D eigenvalue weighted by Gasteiger charge is 1.97. The van der Waals surface area contributed by atoms with Gasteiger partial charge in [-0.25, -0.2) is 0 Å². The minimum atomic E-state index is 0.876. The summed E-state index contributed by atoms with van der Waals surface area (Å²) in [6, 6.07) is 16.6. The van der Waals surface area contributed by atoms with E-state index in [9.17, 15) is 0 Å². The first-order chi connectivity index (χ1) is 10.2. The van der Waals surface area contributed by atoms with Gasteiger partial charge in [0.15, 0.2) is 0 Å². The number of hydrogen-bond donors (Lipinski definition) is 1. The van der Waals surface area contributed by atoms with E-state index in [1.165, 1.54) is 16.8 Å². The zero-order chi connectivity index (χ0) is 15.1. The lowest BCUT2D eigenvalue weighted by Crippen LogP contribution is -2.01. The van der Waals surface area contributed by atoms with Gasteiger partial charge in [-0.2, -0.15) is 0 Å². The normalized spacial score (nSPS) is 11.0. The molecule has 0 aliphatic carbocycles. The second-order valence-electron chi connectivity index (χ2n) is 5.22. The molecule has 106 valence electrons. The summed E-state index contributed by atoms with van der Waals surface area (Å²) >= 11 is 0. The molecule has 1 N–H and O–H groups in total. The van der Waals surface area contributed by atoms with E-state index in [0.717, 1.165) is 24.1 Å². The summed E-state index contributed by atoms with van der Waals surface area (Å²) in [4.78, 5) is 0. The van der Waals surface area contributed by atoms with E-state index in [2.05, 4.69) is 49.4 Å². The van der Waals surface area contributed by atoms with Gasteiger partial charge < -0.3 is 5.32 Å². The Balaban J connectivity index is 1.94. The molecule has 0 atom stereocenters. The topological polar surface area (TPSA) is 12.0 Å². The van der Waals surface area contributed by atoms with Crippen LogP contribution >= 0.6 is 0 Å². The highest BCUT2D eigenvalue weighted by Crippen LogP contribution is 2.15. The predicted molar refractivity (Wildman–Crippen MR) is 92.3 cm³/mol. The third kappa shape index (κ3) is 4.54. The molecule has 0 bridgehead atoms. The number of benzene rings is 2. The van der Waals surface area contributed by atoms with Gasteiger partial charge in [0.2, 0.25) is 0 Å². The monoisotopic (exact) mass is 275 g/mol. The molecule has 21 heavy (non-hydrogen) atoms. The van der Waals surface area contributed by atoms with Crippen LogP contribution in [0.3, 0.4) is 0 Å². The molecule has 0 aromatic heterocycles. The molecule has 2 rings (SSSR count). The highest BCUT2D eigenvalue weighted by molar-refractivity contribution is 5.78. The Morgan fingerprint density at radius 2 is 1.76 bits per heavy atom. The van der Waals surface area contributed by atoms with Gasteiger partial charge in [0.1, 0.15) is 0 Å². The van der Waals surface area contributed by atoms with Crippen molar-refractivity contribution in [2.75, 3.05) is 11.9 Å². The van der Waals surface area contributed by atoms with Crippen LogP contribution in [0.4, 0.5) is 5.69 Å². The molecule has 0 aliphatic heterocycles. The van der Waals surface area contributed by atoms with Crippen molar-refractivity contribution in [3.05, 3.63) is 71.3 Å². The van der Waals surface area contributed by atoms with Crippen LogP contribution in [0.15, 0.2) is 54.6 Å². The highest BCUT2D eigenvalue weighted by atomic mass is 14.9. The van der Waals surface area contributed by atoms with E-state index in [1.54, 1.807) is 0 Å². The Labute approximate surface area is 127 Å². The van der Waals surface area contributed by atoms with Crippen molar-refractivity contribution in [3.8, 4) is 12.3 Å². The van der Waals surface area contributed by atoms with E-state index >= 15 is 0 Å². The molecule has 0 saturated heterocycles. The number of nitrogens with one attached hydrogen (secondary N) is 1. The first kappa shape index (κ1) is 14.9. The summed E-state index contributed by atoms with van der Waals surface area (Å²) < 4.78 is 0. The molecule has 0 radical (unpaired) electrons. The Morgan fingerprint density at radius 3 is 2.38 bits per heavy atom. The smallest absolute Gasteiger partial charge is 0.0345 e. The Morgan fingerprint density at radius 1 is 1.10 bits per heavy atom. The van der Waals surface area contributed by atoms with E-state index in [0.29, 0.717) is 0 Å². The fourth-order valence-corrected chi connectivity index (χ4v) is 2.39. The van der Waals surface area contributed by atoms with Crippen molar-refractivity contribution >= 4 is 11.3 Å². The molecule has 2 aromatic rings. The Kier molecular flexibility index (Phi) is 5.23. The van der Waals surface area contributed by atoms with E-state index in [4.69, 9.17) is 6.42 Å². The van der Waals surface area contributed by atoms with Crippen LogP contribution in [0, 0.1) is 26.2 Å². The third-order valence-electron chi connectivity index (χ3n) is 3.28. The van der Waals surface area contributed by atoms with Gasteiger partial charge in [-0.15, -0.1) is 6.42 Å². The van der Waals surface area contributed by atoms with Gasteiger partial charge in [0, 0.05) is 17.8 Å². The van der Waals surface area contributed by atoms with Gasteiger partial charge in [0.05, 0.1) is 0 Å². The predicted octanol–water partition coefficient (Wildman–Crippen LogP) is 4.82. The van der Waals surface area contributed by atoms with Gasteiger partial charge in [0.25, 0.3) is 0 Å². The molecule has 1 nitrogen and oxygen atoms in total. The number of hydrogen-bond acceptors (Lipinski definition) is 1. The number of anilines is 1. The fraction of sp³-hybridized carbons (Fsp3) is 0.200. The maximum absolute atomic E-state index is 5.60. The maximum atomic E-state index is 5.60. The Hall–Kier alpha value is -2.46. The van der Waals surface area contributed by atoms with Crippen molar-refractivity contribution in [2.45, 2.75) is 20.3 Å². The van der Waals surface area contributed by atoms with Crippen LogP contribution in [0.1, 0.15) is 23.1 Å². The average Bonchev–Trinajstić information content (AvgIpc) is 2.47. The SMILES string of the molecule is C#C/C(=C\CCNc1cc(C)cc(C)c1)c1ccccc1. The first-order valence-electron chi connectivity index (χ1n) is 7.23. The van der Waals surface area contributed by atoms with Crippen LogP contribution in [0.25, 0.3) is 5.57 Å². The second-order valence-corrected chi connectivity index (χ2v) is 5.22. The first-order valence-corrected chi connectivity index (χ1v) is 7.23. The van der Waals surface area contributed by atoms with Gasteiger partial charge in [-0.1, -0.05) is 48.4 Å². The lowest BCUT2D eigenvalue weighted by molar-refractivity contribution is 1.07. The summed E-state index contributed by atoms with van der Waals surface area (Å²) in [5.74, 6) is 2.77. The second kappa shape index (κ2) is 7.36. The van der Waals surface area contributed by atoms with E-state index < -0.39 is 0 Å². The van der Waals surface area contributed by atoms with E-state index in [1.807, 2.05) is 30.3 Å². The van der Waals surface area contributed by atoms with Crippen LogP contribution in [-0.2, 0) is 0 Å². The lowest BCUT2D eigenvalue weighted by atomic mass is 10.1. The van der Waals surface area contributed by atoms with Gasteiger partial charge >= 0.3 is 0 Å². The molecule has 0 saturated carbocycles. The van der Waals surface area contributed by atoms with Gasteiger partial charge in [-0.05, 0) is 49.1 Å². The average molecular weight is 275 g/mol. The number of allylic oxidation sites excluding steroid dienone is 1. The minimum absolute atomic E-state index is 0.876. The van der Waals surface area contributed by atoms with Crippen molar-refractivity contribution in [2.24, 2.45) is 0 Å². The van der Waals surface area contributed by atoms with Crippen molar-refractivity contribution < 1.29 is 0 Å². The largest absolute Gasteiger partial charge is 0.385 e. The molecular weight excluding hydrogens is 254 g/mol. The summed E-state index contributed by atoms with van der Waals surface area (Å²) in [5, 5.41) is 3.44. The molecule has 0 fully saturated rings. The number of rotatable bonds is 5. The standard InChI is InChI=1S/C20H21N/c1-4-18(19-9-6-5-7-10-19)11-8-12-21-20-14-16(2)13-17(3)15-20/h1,5-7,9-11,13-15,21H,8,12H2,2-3H3/b18-11+. The maximum Gasteiger partial charge on any atom is 0.0345 e. The summed E-state index contributed by atoms with van der Waals surface area (Å²) in [5.41, 5.74) is 5.79. The summed E-state index contributed by atoms with van der Waals surface area (Å²) in [7, 11) is 0. The molecule has 0 aliphatic rings. The summed E-state index contributed by atoms with van der Waals surface area (Å²) in [6.45, 7) is 5.11. The number of aryl methyl sites for hydroxylation is 2. The molecule has 0 amide bonds. The Bertz CT molecular complexity index is 640. The quantitative estimate of drug-likeness (QED) is 0.609. The van der Waals surface area contributed by atoms with Crippen LogP contribution in [-0.4, -0.2) is 6.54 Å². The molecule has 0 spiro atoms. The van der Waals surface area contributed by atoms with Crippen molar-refractivity contribution in [1.82, 2.24) is 0 Å². The van der Waals surface area contributed by atoms with Crippen LogP contribution in [0.2, 0.25) is 0 Å². The fourth-order valence-electron chi connectivity index (χ4n) is 2.39. The van der Waals surface area contributed by atoms with E-state index in [-0.39, 0.29) is 0 Å². The van der Waals surface area contributed by atoms with Crippen LogP contribution < -0.4 is 5.32 Å². The molecule has 0 unspecified atom stereocenters. The molecule has 0 heterocycles. The van der Waals surface area contributed by atoms with Gasteiger partial charge in [-0.3, -0.25) is 0 Å². The van der Waals surface area contributed by atoms with Crippen molar-refractivity contribution in [3.63, 3.8) is 0 Å². The zero-order valence-electron chi connectivity index (χ0n) is 12.7. The number of terminal acetylenes is 1. The molecular formula is C20H21N.